The van der Waals surface area contributed by atoms with Crippen molar-refractivity contribution in [3.05, 3.63) is 51.4 Å². The number of H-pyrrole nitrogens is 1. The highest BCUT2D eigenvalue weighted by atomic mass is 79.9. The first-order valence-electron chi connectivity index (χ1n) is 5.64. The van der Waals surface area contributed by atoms with E-state index in [0.717, 1.165) is 10.0 Å². The minimum Gasteiger partial charge on any atom is -0.342 e. The molecule has 3 aromatic rings. The van der Waals surface area contributed by atoms with Crippen LogP contribution in [0.25, 0.3) is 22.8 Å². The smallest absolute Gasteiger partial charge is 0.198 e. The predicted octanol–water partition coefficient (Wildman–Crippen LogP) is 4.60. The van der Waals surface area contributed by atoms with Crippen LogP contribution in [0.15, 0.2) is 41.1 Å². The van der Waals surface area contributed by atoms with Gasteiger partial charge in [0.05, 0.1) is 5.56 Å². The zero-order valence-electron chi connectivity index (χ0n) is 9.94. The standard InChI is InChI=1S/C13H7BrCl2N4/c14-8-3-1-7(2-4-8)9-10(15)19-13(20-11(9)16)12-17-5-6-18-12/h1-6H,(H,17,18). The first-order valence-corrected chi connectivity index (χ1v) is 7.19. The van der Waals surface area contributed by atoms with Crippen molar-refractivity contribution in [2.45, 2.75) is 0 Å². The van der Waals surface area contributed by atoms with Crippen LogP contribution in [-0.4, -0.2) is 19.9 Å². The molecule has 0 aliphatic heterocycles. The summed E-state index contributed by atoms with van der Waals surface area (Å²) in [5.74, 6) is 0.891. The normalized spacial score (nSPS) is 10.8. The van der Waals surface area contributed by atoms with E-state index in [4.69, 9.17) is 23.2 Å². The maximum atomic E-state index is 6.24. The van der Waals surface area contributed by atoms with E-state index < -0.39 is 0 Å². The van der Waals surface area contributed by atoms with Crippen molar-refractivity contribution in [2.75, 3.05) is 0 Å². The number of halogens is 3. The second kappa shape index (κ2) is 5.52. The van der Waals surface area contributed by atoms with Crippen molar-refractivity contribution < 1.29 is 0 Å². The maximum absolute atomic E-state index is 6.24. The molecule has 0 aliphatic carbocycles. The van der Waals surface area contributed by atoms with E-state index in [-0.39, 0.29) is 0 Å². The Hall–Kier alpha value is -1.43. The third kappa shape index (κ3) is 2.57. The zero-order valence-corrected chi connectivity index (χ0v) is 13.0. The average Bonchev–Trinajstić information content (AvgIpc) is 2.94. The topological polar surface area (TPSA) is 54.5 Å². The van der Waals surface area contributed by atoms with E-state index in [1.807, 2.05) is 24.3 Å². The molecular weight excluding hydrogens is 363 g/mol. The van der Waals surface area contributed by atoms with Crippen molar-refractivity contribution in [3.63, 3.8) is 0 Å². The number of nitrogens with one attached hydrogen (secondary N) is 1. The second-order valence-corrected chi connectivity index (χ2v) is 5.58. The van der Waals surface area contributed by atoms with Gasteiger partial charge in [-0.3, -0.25) is 0 Å². The van der Waals surface area contributed by atoms with Crippen molar-refractivity contribution >= 4 is 39.1 Å². The molecule has 7 heteroatoms. The molecule has 2 aromatic heterocycles. The molecule has 0 fully saturated rings. The van der Waals surface area contributed by atoms with Crippen LogP contribution in [-0.2, 0) is 0 Å². The Bertz CT molecular complexity index is 719. The highest BCUT2D eigenvalue weighted by Crippen LogP contribution is 2.34. The summed E-state index contributed by atoms with van der Waals surface area (Å²) in [6, 6.07) is 7.60. The minimum absolute atomic E-state index is 0.290. The molecule has 0 aliphatic rings. The highest BCUT2D eigenvalue weighted by molar-refractivity contribution is 9.10. The number of hydrogen-bond acceptors (Lipinski definition) is 3. The number of nitrogens with zero attached hydrogens (tertiary/aromatic N) is 3. The van der Waals surface area contributed by atoms with Crippen LogP contribution in [0, 0.1) is 0 Å². The molecule has 0 saturated heterocycles. The monoisotopic (exact) mass is 368 g/mol. The molecule has 3 rings (SSSR count). The molecule has 20 heavy (non-hydrogen) atoms. The third-order valence-corrected chi connectivity index (χ3v) is 3.74. The summed E-state index contributed by atoms with van der Waals surface area (Å²) in [6.07, 6.45) is 3.30. The van der Waals surface area contributed by atoms with Gasteiger partial charge in [0.25, 0.3) is 0 Å². The number of aromatic amines is 1. The maximum Gasteiger partial charge on any atom is 0.198 e. The fourth-order valence-corrected chi connectivity index (χ4v) is 2.63. The molecule has 0 spiro atoms. The van der Waals surface area contributed by atoms with Crippen LogP contribution in [0.4, 0.5) is 0 Å². The summed E-state index contributed by atoms with van der Waals surface area (Å²) < 4.78 is 0.974. The van der Waals surface area contributed by atoms with Gasteiger partial charge in [0.2, 0.25) is 0 Å². The molecule has 0 atom stereocenters. The molecule has 0 radical (unpaired) electrons. The largest absolute Gasteiger partial charge is 0.342 e. The van der Waals surface area contributed by atoms with Crippen LogP contribution in [0.5, 0.6) is 0 Å². The van der Waals surface area contributed by atoms with Crippen molar-refractivity contribution in [1.29, 1.82) is 0 Å². The Morgan fingerprint density at radius 1 is 1.00 bits per heavy atom. The van der Waals surface area contributed by atoms with Crippen LogP contribution < -0.4 is 0 Å². The van der Waals surface area contributed by atoms with Gasteiger partial charge in [0.1, 0.15) is 10.3 Å². The lowest BCUT2D eigenvalue weighted by Gasteiger charge is -2.07. The van der Waals surface area contributed by atoms with Crippen LogP contribution in [0.3, 0.4) is 0 Å². The molecule has 0 bridgehead atoms. The molecular formula is C13H7BrCl2N4. The summed E-state index contributed by atoms with van der Waals surface area (Å²) in [7, 11) is 0. The zero-order chi connectivity index (χ0) is 14.1. The number of benzene rings is 1. The lowest BCUT2D eigenvalue weighted by molar-refractivity contribution is 1.12. The van der Waals surface area contributed by atoms with Crippen LogP contribution in [0.2, 0.25) is 10.3 Å². The number of rotatable bonds is 2. The fourth-order valence-electron chi connectivity index (χ4n) is 1.76. The van der Waals surface area contributed by atoms with E-state index >= 15 is 0 Å². The van der Waals surface area contributed by atoms with E-state index in [2.05, 4.69) is 35.9 Å². The van der Waals surface area contributed by atoms with Gasteiger partial charge in [-0.05, 0) is 17.7 Å². The quantitative estimate of drug-likeness (QED) is 0.671. The molecule has 1 aromatic carbocycles. The van der Waals surface area contributed by atoms with Gasteiger partial charge in [-0.25, -0.2) is 15.0 Å². The van der Waals surface area contributed by atoms with Gasteiger partial charge >= 0.3 is 0 Å². The lowest BCUT2D eigenvalue weighted by atomic mass is 10.1. The Morgan fingerprint density at radius 3 is 2.20 bits per heavy atom. The van der Waals surface area contributed by atoms with Gasteiger partial charge in [-0.1, -0.05) is 51.3 Å². The molecule has 0 unspecified atom stereocenters. The fraction of sp³-hybridized carbons (Fsp3) is 0. The van der Waals surface area contributed by atoms with Crippen molar-refractivity contribution in [2.24, 2.45) is 0 Å². The van der Waals surface area contributed by atoms with E-state index in [1.54, 1.807) is 12.4 Å². The SMILES string of the molecule is Clc1nc(-c2ncc[nH]2)nc(Cl)c1-c1ccc(Br)cc1. The van der Waals surface area contributed by atoms with Crippen molar-refractivity contribution in [1.82, 2.24) is 19.9 Å². The lowest BCUT2D eigenvalue weighted by Crippen LogP contribution is -1.95. The Morgan fingerprint density at radius 2 is 1.65 bits per heavy atom. The number of imidazole rings is 1. The van der Waals surface area contributed by atoms with E-state index in [1.165, 1.54) is 0 Å². The first-order chi connectivity index (χ1) is 9.65. The predicted molar refractivity (Wildman–Crippen MR) is 82.8 cm³/mol. The van der Waals surface area contributed by atoms with Gasteiger partial charge in [-0.15, -0.1) is 0 Å². The van der Waals surface area contributed by atoms with Crippen molar-refractivity contribution in [3.8, 4) is 22.8 Å². The second-order valence-electron chi connectivity index (χ2n) is 3.95. The number of hydrogen-bond donors (Lipinski definition) is 1. The molecule has 0 amide bonds. The summed E-state index contributed by atoms with van der Waals surface area (Å²) >= 11 is 15.9. The summed E-state index contributed by atoms with van der Waals surface area (Å²) in [6.45, 7) is 0. The molecule has 1 N–H and O–H groups in total. The Balaban J connectivity index is 2.11. The third-order valence-electron chi connectivity index (χ3n) is 2.66. The Kier molecular flexibility index (Phi) is 3.74. The van der Waals surface area contributed by atoms with E-state index in [0.29, 0.717) is 27.5 Å². The van der Waals surface area contributed by atoms with Gasteiger partial charge < -0.3 is 4.98 Å². The van der Waals surface area contributed by atoms with Gasteiger partial charge in [-0.2, -0.15) is 0 Å². The highest BCUT2D eigenvalue weighted by Gasteiger charge is 2.15. The summed E-state index contributed by atoms with van der Waals surface area (Å²) in [5.41, 5.74) is 1.46. The van der Waals surface area contributed by atoms with Crippen LogP contribution in [0.1, 0.15) is 0 Å². The van der Waals surface area contributed by atoms with E-state index in [9.17, 15) is 0 Å². The Labute approximate surface area is 133 Å². The number of aromatic nitrogens is 4. The molecule has 2 heterocycles. The van der Waals surface area contributed by atoms with Gasteiger partial charge in [0.15, 0.2) is 11.6 Å². The average molecular weight is 370 g/mol. The molecule has 4 nitrogen and oxygen atoms in total. The van der Waals surface area contributed by atoms with Crippen LogP contribution >= 0.6 is 39.1 Å². The summed E-state index contributed by atoms with van der Waals surface area (Å²) in [5, 5.41) is 0.581. The molecule has 100 valence electrons. The first kappa shape index (κ1) is 13.5. The molecule has 0 saturated carbocycles. The summed E-state index contributed by atoms with van der Waals surface area (Å²) in [4.78, 5) is 15.5. The minimum atomic E-state index is 0.290. The van der Waals surface area contributed by atoms with Gasteiger partial charge in [0, 0.05) is 16.9 Å².